The van der Waals surface area contributed by atoms with Crippen LogP contribution < -0.4 is 4.90 Å². The first kappa shape index (κ1) is 12.6. The lowest BCUT2D eigenvalue weighted by Crippen LogP contribution is -2.29. The zero-order valence-corrected chi connectivity index (χ0v) is 12.1. The summed E-state index contributed by atoms with van der Waals surface area (Å²) >= 11 is 0. The maximum atomic E-state index is 4.73. The van der Waals surface area contributed by atoms with E-state index in [1.807, 2.05) is 18.5 Å². The number of aliphatic imine (C=N–C) groups is 1. The van der Waals surface area contributed by atoms with Gasteiger partial charge in [0.25, 0.3) is 0 Å². The molecule has 3 nitrogen and oxygen atoms in total. The van der Waals surface area contributed by atoms with Crippen molar-refractivity contribution in [3.8, 4) is 0 Å². The first-order chi connectivity index (χ1) is 10.4. The van der Waals surface area contributed by atoms with Crippen LogP contribution in [-0.2, 0) is 6.42 Å². The van der Waals surface area contributed by atoms with Gasteiger partial charge in [0, 0.05) is 43.2 Å². The molecule has 0 atom stereocenters. The molecule has 2 aromatic rings. The van der Waals surface area contributed by atoms with Crippen molar-refractivity contribution in [2.75, 3.05) is 18.0 Å². The molecule has 2 aliphatic rings. The first-order valence-electron chi connectivity index (χ1n) is 7.76. The molecule has 0 amide bonds. The van der Waals surface area contributed by atoms with Crippen molar-refractivity contribution in [3.63, 3.8) is 0 Å². The highest BCUT2D eigenvalue weighted by Gasteiger charge is 2.16. The molecule has 0 radical (unpaired) electrons. The highest BCUT2D eigenvalue weighted by atomic mass is 15.1. The predicted octanol–water partition coefficient (Wildman–Crippen LogP) is 3.75. The maximum absolute atomic E-state index is 4.73. The number of hydrogen-bond acceptors (Lipinski definition) is 3. The highest BCUT2D eigenvalue weighted by Crippen LogP contribution is 2.28. The Morgan fingerprint density at radius 3 is 2.48 bits per heavy atom. The van der Waals surface area contributed by atoms with Gasteiger partial charge < -0.3 is 4.90 Å². The molecule has 0 bridgehead atoms. The van der Waals surface area contributed by atoms with E-state index in [4.69, 9.17) is 4.99 Å². The number of benzene rings is 1. The van der Waals surface area contributed by atoms with E-state index in [-0.39, 0.29) is 0 Å². The molecule has 3 heterocycles. The van der Waals surface area contributed by atoms with Crippen molar-refractivity contribution in [1.82, 2.24) is 4.98 Å². The van der Waals surface area contributed by atoms with E-state index in [2.05, 4.69) is 34.1 Å². The number of piperidine rings is 1. The summed E-state index contributed by atoms with van der Waals surface area (Å²) in [7, 11) is 0. The maximum Gasteiger partial charge on any atom is 0.0699 e. The van der Waals surface area contributed by atoms with Crippen molar-refractivity contribution in [2.24, 2.45) is 4.99 Å². The van der Waals surface area contributed by atoms with E-state index in [0.717, 1.165) is 17.8 Å². The minimum absolute atomic E-state index is 0.895. The molecule has 1 saturated heterocycles. The van der Waals surface area contributed by atoms with Crippen LogP contribution in [-0.4, -0.2) is 23.8 Å². The molecule has 0 N–H and O–H groups in total. The Balaban J connectivity index is 1.55. The van der Waals surface area contributed by atoms with Crippen LogP contribution in [0.25, 0.3) is 0 Å². The quantitative estimate of drug-likeness (QED) is 0.836. The molecule has 0 aliphatic carbocycles. The molecule has 1 aromatic carbocycles. The molecule has 1 aromatic heterocycles. The highest BCUT2D eigenvalue weighted by molar-refractivity contribution is 6.06. The molecule has 2 aliphatic heterocycles. The number of hydrogen-bond donors (Lipinski definition) is 0. The van der Waals surface area contributed by atoms with E-state index in [9.17, 15) is 0 Å². The Labute approximate surface area is 125 Å². The van der Waals surface area contributed by atoms with Crippen LogP contribution in [0.2, 0.25) is 0 Å². The average molecular weight is 277 g/mol. The third-order valence-corrected chi connectivity index (χ3v) is 4.41. The van der Waals surface area contributed by atoms with Crippen LogP contribution in [0.4, 0.5) is 11.4 Å². The summed E-state index contributed by atoms with van der Waals surface area (Å²) < 4.78 is 0. The number of rotatable bonds is 2. The van der Waals surface area contributed by atoms with Crippen LogP contribution in [0.5, 0.6) is 0 Å². The number of anilines is 1. The van der Waals surface area contributed by atoms with Crippen LogP contribution >= 0.6 is 0 Å². The summed E-state index contributed by atoms with van der Waals surface area (Å²) in [4.78, 5) is 11.4. The van der Waals surface area contributed by atoms with Crippen LogP contribution in [0.15, 0.2) is 47.7 Å². The van der Waals surface area contributed by atoms with E-state index >= 15 is 0 Å². The molecule has 1 fully saturated rings. The second-order valence-corrected chi connectivity index (χ2v) is 5.83. The molecule has 21 heavy (non-hydrogen) atoms. The summed E-state index contributed by atoms with van der Waals surface area (Å²) in [6.45, 7) is 2.38. The van der Waals surface area contributed by atoms with Gasteiger partial charge in [-0.1, -0.05) is 12.1 Å². The molecule has 0 saturated carbocycles. The fourth-order valence-electron chi connectivity index (χ4n) is 3.21. The third kappa shape index (κ3) is 2.44. The fraction of sp³-hybridized carbons (Fsp3) is 0.333. The molecule has 4 rings (SSSR count). The normalized spacial score (nSPS) is 17.5. The zero-order chi connectivity index (χ0) is 14.1. The number of fused-ring (bicyclic) bond motifs is 1. The Bertz CT molecular complexity index is 667. The van der Waals surface area contributed by atoms with Gasteiger partial charge in [-0.15, -0.1) is 0 Å². The first-order valence-corrected chi connectivity index (χ1v) is 7.76. The van der Waals surface area contributed by atoms with Gasteiger partial charge in [-0.2, -0.15) is 0 Å². The third-order valence-electron chi connectivity index (χ3n) is 4.41. The number of nitrogens with zero attached hydrogens (tertiary/aromatic N) is 3. The molecule has 3 heteroatoms. The summed E-state index contributed by atoms with van der Waals surface area (Å²) in [5.41, 5.74) is 6.03. The summed E-state index contributed by atoms with van der Waals surface area (Å²) in [5, 5.41) is 0. The zero-order valence-electron chi connectivity index (χ0n) is 12.1. The van der Waals surface area contributed by atoms with E-state index < -0.39 is 0 Å². The van der Waals surface area contributed by atoms with Gasteiger partial charge >= 0.3 is 0 Å². The summed E-state index contributed by atoms with van der Waals surface area (Å²) in [6, 6.07) is 10.9. The Hall–Kier alpha value is -2.16. The Kier molecular flexibility index (Phi) is 3.18. The molecular weight excluding hydrogens is 258 g/mol. The lowest BCUT2D eigenvalue weighted by atomic mass is 10.0. The Morgan fingerprint density at radius 2 is 1.71 bits per heavy atom. The predicted molar refractivity (Wildman–Crippen MR) is 86.6 cm³/mol. The van der Waals surface area contributed by atoms with E-state index in [1.165, 1.54) is 49.2 Å². The van der Waals surface area contributed by atoms with E-state index in [1.54, 1.807) is 0 Å². The summed E-state index contributed by atoms with van der Waals surface area (Å²) in [5.74, 6) is 0. The van der Waals surface area contributed by atoms with Crippen molar-refractivity contribution in [2.45, 2.75) is 25.7 Å². The van der Waals surface area contributed by atoms with Gasteiger partial charge in [-0.25, -0.2) is 0 Å². The average Bonchev–Trinajstić information content (AvgIpc) is 3.00. The van der Waals surface area contributed by atoms with Gasteiger partial charge in [-0.3, -0.25) is 9.98 Å². The smallest absolute Gasteiger partial charge is 0.0699 e. The van der Waals surface area contributed by atoms with E-state index in [0.29, 0.717) is 0 Å². The van der Waals surface area contributed by atoms with Crippen molar-refractivity contribution >= 4 is 17.1 Å². The van der Waals surface area contributed by atoms with Crippen LogP contribution in [0, 0.1) is 0 Å². The molecule has 0 unspecified atom stereocenters. The monoisotopic (exact) mass is 277 g/mol. The summed E-state index contributed by atoms with van der Waals surface area (Å²) in [6.07, 6.45) is 8.64. The minimum atomic E-state index is 0.895. The van der Waals surface area contributed by atoms with Gasteiger partial charge in [0.05, 0.1) is 11.4 Å². The van der Waals surface area contributed by atoms with Crippen molar-refractivity contribution in [1.29, 1.82) is 0 Å². The van der Waals surface area contributed by atoms with Gasteiger partial charge in [0.1, 0.15) is 0 Å². The van der Waals surface area contributed by atoms with Gasteiger partial charge in [0.15, 0.2) is 0 Å². The minimum Gasteiger partial charge on any atom is -0.372 e. The van der Waals surface area contributed by atoms with Crippen LogP contribution in [0.1, 0.15) is 30.4 Å². The van der Waals surface area contributed by atoms with Crippen LogP contribution in [0.3, 0.4) is 0 Å². The van der Waals surface area contributed by atoms with Gasteiger partial charge in [0.2, 0.25) is 0 Å². The second kappa shape index (κ2) is 5.32. The number of pyridine rings is 1. The molecule has 106 valence electrons. The SMILES string of the molecule is c1cc2c(cn1)CC(c1ccc(N3CCCCC3)cc1)=N2. The second-order valence-electron chi connectivity index (χ2n) is 5.83. The standard InChI is InChI=1S/C18H19N3/c1-2-10-21(11-3-1)16-6-4-14(5-7-16)18-12-15-13-19-9-8-17(15)20-18/h4-9,13H,1-3,10-12H2. The topological polar surface area (TPSA) is 28.5 Å². The molecule has 0 spiro atoms. The molecular formula is C18H19N3. The lowest BCUT2D eigenvalue weighted by molar-refractivity contribution is 0.578. The number of aromatic nitrogens is 1. The van der Waals surface area contributed by atoms with Gasteiger partial charge in [-0.05, 0) is 43.0 Å². The fourth-order valence-corrected chi connectivity index (χ4v) is 3.21. The largest absolute Gasteiger partial charge is 0.372 e. The van der Waals surface area contributed by atoms with Crippen molar-refractivity contribution in [3.05, 3.63) is 53.9 Å². The Morgan fingerprint density at radius 1 is 0.905 bits per heavy atom. The van der Waals surface area contributed by atoms with Crippen molar-refractivity contribution < 1.29 is 0 Å². The lowest BCUT2D eigenvalue weighted by Gasteiger charge is -2.28.